The Morgan fingerprint density at radius 3 is 2.52 bits per heavy atom. The lowest BCUT2D eigenvalue weighted by molar-refractivity contribution is -0.137. The maximum Gasteiger partial charge on any atom is 0.418 e. The molecule has 176 valence electrons. The number of fused-ring (bicyclic) bond motifs is 1. The van der Waals surface area contributed by atoms with E-state index in [0.717, 1.165) is 35.8 Å². The lowest BCUT2D eigenvalue weighted by Gasteiger charge is -2.20. The molecule has 3 rings (SSSR count). The van der Waals surface area contributed by atoms with Crippen molar-refractivity contribution in [2.75, 3.05) is 30.3 Å². The Kier molecular flexibility index (Phi) is 7.76. The number of likely N-dealkylation sites (N-methyl/N-ethyl adjacent to an activating group) is 1. The van der Waals surface area contributed by atoms with Crippen molar-refractivity contribution in [2.45, 2.75) is 39.3 Å². The third-order valence-electron chi connectivity index (χ3n) is 5.56. The summed E-state index contributed by atoms with van der Waals surface area (Å²) in [5, 5.41) is 15.2. The SMILES string of the molecule is CCN(CC(=O)Nc1ccccc1C(F)(F)F)CC(=O)Nc1sc2c(c1C#N)CCC(C)C2. The van der Waals surface area contributed by atoms with Crippen molar-refractivity contribution in [2.24, 2.45) is 5.92 Å². The van der Waals surface area contributed by atoms with Crippen molar-refractivity contribution in [1.29, 1.82) is 5.26 Å². The number of carbonyl (C=O) groups excluding carboxylic acids is 2. The average Bonchev–Trinajstić information content (AvgIpc) is 3.08. The number of nitriles is 1. The fourth-order valence-electron chi connectivity index (χ4n) is 3.84. The summed E-state index contributed by atoms with van der Waals surface area (Å²) in [5.74, 6) is -0.508. The highest BCUT2D eigenvalue weighted by molar-refractivity contribution is 7.16. The summed E-state index contributed by atoms with van der Waals surface area (Å²) in [4.78, 5) is 27.6. The summed E-state index contributed by atoms with van der Waals surface area (Å²) in [6.07, 6.45) is -1.90. The van der Waals surface area contributed by atoms with Crippen LogP contribution in [0.3, 0.4) is 0 Å². The quantitative estimate of drug-likeness (QED) is 0.606. The third kappa shape index (κ3) is 6.12. The van der Waals surface area contributed by atoms with E-state index in [4.69, 9.17) is 0 Å². The van der Waals surface area contributed by atoms with E-state index < -0.39 is 17.6 Å². The molecule has 1 atom stereocenters. The number of nitrogens with one attached hydrogen (secondary N) is 2. The molecule has 6 nitrogen and oxygen atoms in total. The maximum atomic E-state index is 13.1. The van der Waals surface area contributed by atoms with E-state index in [0.29, 0.717) is 23.0 Å². The molecule has 10 heteroatoms. The van der Waals surface area contributed by atoms with Gasteiger partial charge in [-0.15, -0.1) is 11.3 Å². The smallest absolute Gasteiger partial charge is 0.324 e. The molecule has 1 aromatic heterocycles. The number of rotatable bonds is 7. The Bertz CT molecular complexity index is 1070. The van der Waals surface area contributed by atoms with Crippen LogP contribution in [-0.4, -0.2) is 36.3 Å². The normalized spacial score (nSPS) is 15.6. The highest BCUT2D eigenvalue weighted by Crippen LogP contribution is 2.39. The van der Waals surface area contributed by atoms with Crippen LogP contribution < -0.4 is 10.6 Å². The minimum atomic E-state index is -4.59. The van der Waals surface area contributed by atoms with Crippen molar-refractivity contribution in [3.8, 4) is 6.07 Å². The predicted octanol–water partition coefficient (Wildman–Crippen LogP) is 4.66. The van der Waals surface area contributed by atoms with Gasteiger partial charge in [0, 0.05) is 4.88 Å². The van der Waals surface area contributed by atoms with Crippen LogP contribution in [0, 0.1) is 17.2 Å². The molecule has 1 aromatic carbocycles. The Hall–Kier alpha value is -2.90. The standard InChI is InChI=1S/C23H25F3N4O2S/c1-3-30(12-20(31)28-18-7-5-4-6-17(18)23(24,25)26)13-21(32)29-22-16(11-27)15-9-8-14(2)10-19(15)33-22/h4-7,14H,3,8-10,12-13H2,1-2H3,(H,28,31)(H,29,32). The Morgan fingerprint density at radius 2 is 1.88 bits per heavy atom. The molecule has 0 saturated heterocycles. The first-order valence-corrected chi connectivity index (χ1v) is 11.5. The van der Waals surface area contributed by atoms with E-state index >= 15 is 0 Å². The molecule has 0 aliphatic heterocycles. The number of amides is 2. The zero-order chi connectivity index (χ0) is 24.2. The lowest BCUT2D eigenvalue weighted by atomic mass is 9.89. The van der Waals surface area contributed by atoms with Crippen LogP contribution in [-0.2, 0) is 28.6 Å². The number of hydrogen-bond acceptors (Lipinski definition) is 5. The number of benzene rings is 1. The van der Waals surface area contributed by atoms with Crippen LogP contribution in [0.1, 0.15) is 41.8 Å². The van der Waals surface area contributed by atoms with Gasteiger partial charge < -0.3 is 10.6 Å². The fraction of sp³-hybridized carbons (Fsp3) is 0.435. The number of hydrogen-bond donors (Lipinski definition) is 2. The van der Waals surface area contributed by atoms with Gasteiger partial charge in [-0.25, -0.2) is 0 Å². The van der Waals surface area contributed by atoms with Crippen LogP contribution in [0.2, 0.25) is 0 Å². The molecular weight excluding hydrogens is 453 g/mol. The van der Waals surface area contributed by atoms with Crippen LogP contribution in [0.4, 0.5) is 23.9 Å². The molecule has 1 aliphatic rings. The fourth-order valence-corrected chi connectivity index (χ4v) is 5.22. The van der Waals surface area contributed by atoms with Gasteiger partial charge in [0.2, 0.25) is 11.8 Å². The second-order valence-corrected chi connectivity index (χ2v) is 9.22. The van der Waals surface area contributed by atoms with E-state index in [1.807, 2.05) is 0 Å². The average molecular weight is 479 g/mol. The Labute approximate surface area is 194 Å². The second kappa shape index (κ2) is 10.4. The van der Waals surface area contributed by atoms with Crippen LogP contribution in [0.5, 0.6) is 0 Å². The van der Waals surface area contributed by atoms with E-state index in [2.05, 4.69) is 23.6 Å². The molecule has 2 aromatic rings. The molecule has 0 spiro atoms. The Balaban J connectivity index is 1.62. The number of nitrogens with zero attached hydrogens (tertiary/aromatic N) is 2. The summed E-state index contributed by atoms with van der Waals surface area (Å²) in [6, 6.07) is 6.94. The molecule has 0 saturated carbocycles. The summed E-state index contributed by atoms with van der Waals surface area (Å²) < 4.78 is 39.4. The maximum absolute atomic E-state index is 13.1. The van der Waals surface area contributed by atoms with E-state index in [1.165, 1.54) is 34.4 Å². The third-order valence-corrected chi connectivity index (χ3v) is 6.73. The first-order chi connectivity index (χ1) is 15.6. The summed E-state index contributed by atoms with van der Waals surface area (Å²) in [6.45, 7) is 3.86. The molecule has 0 radical (unpaired) electrons. The number of thiophene rings is 1. The molecule has 1 heterocycles. The molecule has 2 amide bonds. The van der Waals surface area contributed by atoms with E-state index in [-0.39, 0.29) is 24.7 Å². The number of carbonyl (C=O) groups is 2. The summed E-state index contributed by atoms with van der Waals surface area (Å²) in [5.41, 5.74) is 0.248. The molecule has 0 fully saturated rings. The molecule has 2 N–H and O–H groups in total. The van der Waals surface area contributed by atoms with Crippen molar-refractivity contribution < 1.29 is 22.8 Å². The number of anilines is 2. The molecule has 1 unspecified atom stereocenters. The largest absolute Gasteiger partial charge is 0.418 e. The van der Waals surface area contributed by atoms with Crippen molar-refractivity contribution in [1.82, 2.24) is 4.90 Å². The second-order valence-electron chi connectivity index (χ2n) is 8.11. The van der Waals surface area contributed by atoms with Crippen molar-refractivity contribution in [3.05, 3.63) is 45.8 Å². The molecular formula is C23H25F3N4O2S. The van der Waals surface area contributed by atoms with Gasteiger partial charge in [-0.2, -0.15) is 18.4 Å². The van der Waals surface area contributed by atoms with Crippen LogP contribution in [0.15, 0.2) is 24.3 Å². The predicted molar refractivity (Wildman–Crippen MR) is 121 cm³/mol. The summed E-state index contributed by atoms with van der Waals surface area (Å²) >= 11 is 1.41. The molecule has 0 bridgehead atoms. The number of halogens is 3. The van der Waals surface area contributed by atoms with Gasteiger partial charge >= 0.3 is 6.18 Å². The first kappa shape index (κ1) is 24.7. The van der Waals surface area contributed by atoms with E-state index in [9.17, 15) is 28.0 Å². The van der Waals surface area contributed by atoms with Gasteiger partial charge in [0.1, 0.15) is 11.1 Å². The number of para-hydroxylation sites is 1. The van der Waals surface area contributed by atoms with Gasteiger partial charge in [0.05, 0.1) is 29.9 Å². The summed E-state index contributed by atoms with van der Waals surface area (Å²) in [7, 11) is 0. The Morgan fingerprint density at radius 1 is 1.21 bits per heavy atom. The minimum Gasteiger partial charge on any atom is -0.324 e. The highest BCUT2D eigenvalue weighted by atomic mass is 32.1. The lowest BCUT2D eigenvalue weighted by Crippen LogP contribution is -2.38. The van der Waals surface area contributed by atoms with Crippen molar-refractivity contribution in [3.63, 3.8) is 0 Å². The minimum absolute atomic E-state index is 0.130. The van der Waals surface area contributed by atoms with E-state index in [1.54, 1.807) is 6.92 Å². The van der Waals surface area contributed by atoms with Gasteiger partial charge in [-0.3, -0.25) is 14.5 Å². The van der Waals surface area contributed by atoms with Gasteiger partial charge in [-0.05, 0) is 49.4 Å². The monoisotopic (exact) mass is 478 g/mol. The molecule has 1 aliphatic carbocycles. The topological polar surface area (TPSA) is 85.2 Å². The van der Waals surface area contributed by atoms with Crippen LogP contribution >= 0.6 is 11.3 Å². The van der Waals surface area contributed by atoms with Gasteiger partial charge in [0.15, 0.2) is 0 Å². The van der Waals surface area contributed by atoms with Crippen molar-refractivity contribution >= 4 is 33.8 Å². The molecule has 33 heavy (non-hydrogen) atoms. The zero-order valence-corrected chi connectivity index (χ0v) is 19.2. The van der Waals surface area contributed by atoms with Gasteiger partial charge in [-0.1, -0.05) is 26.0 Å². The first-order valence-electron chi connectivity index (χ1n) is 10.6. The highest BCUT2D eigenvalue weighted by Gasteiger charge is 2.33. The van der Waals surface area contributed by atoms with Gasteiger partial charge in [0.25, 0.3) is 0 Å². The van der Waals surface area contributed by atoms with Crippen LogP contribution in [0.25, 0.3) is 0 Å². The zero-order valence-electron chi connectivity index (χ0n) is 18.4. The number of alkyl halides is 3.